The molecule has 0 radical (unpaired) electrons. The number of fused-ring (bicyclic) bond motifs is 1. The first-order valence-corrected chi connectivity index (χ1v) is 11.8. The van der Waals surface area contributed by atoms with Crippen LogP contribution in [-0.2, 0) is 17.6 Å². The number of ether oxygens (including phenoxy) is 1. The smallest absolute Gasteiger partial charge is 0.266 e. The summed E-state index contributed by atoms with van der Waals surface area (Å²) in [5.41, 5.74) is 9.70. The largest absolute Gasteiger partial charge is 0.481 e. The Kier molecular flexibility index (Phi) is 6.79. The van der Waals surface area contributed by atoms with Crippen molar-refractivity contribution in [3.63, 3.8) is 0 Å². The van der Waals surface area contributed by atoms with Gasteiger partial charge in [-0.2, -0.15) is 0 Å². The number of amides is 2. The molecule has 1 aromatic heterocycles. The first kappa shape index (κ1) is 23.3. The van der Waals surface area contributed by atoms with Crippen molar-refractivity contribution in [2.75, 3.05) is 5.32 Å². The molecule has 1 aromatic carbocycles. The summed E-state index contributed by atoms with van der Waals surface area (Å²) >= 11 is 1.49. The standard InChI is InChI=1S/C25H34N2O3S/c1-7-19(30-17-10-8-14(2)15(3)12-17)23(29)27-24-21(22(26)28)18-11-9-16(25(4,5)6)13-20(18)31-24/h8,10,12,16,19H,7,9,11,13H2,1-6H3,(H2,26,28)(H,27,29). The lowest BCUT2D eigenvalue weighted by molar-refractivity contribution is -0.122. The van der Waals surface area contributed by atoms with Crippen LogP contribution in [0.3, 0.4) is 0 Å². The third kappa shape index (κ3) is 5.12. The van der Waals surface area contributed by atoms with Gasteiger partial charge in [-0.25, -0.2) is 0 Å². The maximum atomic E-state index is 13.0. The lowest BCUT2D eigenvalue weighted by Gasteiger charge is -2.33. The van der Waals surface area contributed by atoms with Gasteiger partial charge in [0, 0.05) is 4.88 Å². The van der Waals surface area contributed by atoms with Gasteiger partial charge < -0.3 is 15.8 Å². The average molecular weight is 443 g/mol. The van der Waals surface area contributed by atoms with Crippen molar-refractivity contribution in [3.8, 4) is 5.75 Å². The number of nitrogens with two attached hydrogens (primary N) is 1. The van der Waals surface area contributed by atoms with Crippen LogP contribution in [0.5, 0.6) is 5.75 Å². The molecule has 31 heavy (non-hydrogen) atoms. The molecular weight excluding hydrogens is 408 g/mol. The zero-order chi connectivity index (χ0) is 22.9. The fraction of sp³-hybridized carbons (Fsp3) is 0.520. The molecule has 2 unspecified atom stereocenters. The van der Waals surface area contributed by atoms with Crippen molar-refractivity contribution in [3.05, 3.63) is 45.3 Å². The van der Waals surface area contributed by atoms with Crippen LogP contribution < -0.4 is 15.8 Å². The van der Waals surface area contributed by atoms with Crippen molar-refractivity contribution < 1.29 is 14.3 Å². The van der Waals surface area contributed by atoms with Gasteiger partial charge >= 0.3 is 0 Å². The van der Waals surface area contributed by atoms with E-state index < -0.39 is 12.0 Å². The topological polar surface area (TPSA) is 81.4 Å². The molecule has 6 heteroatoms. The number of rotatable bonds is 6. The first-order valence-electron chi connectivity index (χ1n) is 11.0. The van der Waals surface area contributed by atoms with Crippen LogP contribution >= 0.6 is 11.3 Å². The number of primary amides is 1. The Morgan fingerprint density at radius 3 is 2.55 bits per heavy atom. The molecule has 2 atom stereocenters. The predicted octanol–water partition coefficient (Wildman–Crippen LogP) is 5.41. The molecule has 1 aliphatic carbocycles. The summed E-state index contributed by atoms with van der Waals surface area (Å²) < 4.78 is 5.97. The highest BCUT2D eigenvalue weighted by Gasteiger charge is 2.34. The van der Waals surface area contributed by atoms with E-state index in [1.807, 2.05) is 39.0 Å². The molecule has 2 amide bonds. The Bertz CT molecular complexity index is 987. The minimum atomic E-state index is -0.649. The fourth-order valence-corrected chi connectivity index (χ4v) is 5.48. The highest BCUT2D eigenvalue weighted by atomic mass is 32.1. The number of aryl methyl sites for hydroxylation is 2. The van der Waals surface area contributed by atoms with Crippen LogP contribution in [0.2, 0.25) is 0 Å². The summed E-state index contributed by atoms with van der Waals surface area (Å²) in [4.78, 5) is 26.5. The van der Waals surface area contributed by atoms with Gasteiger partial charge in [-0.3, -0.25) is 9.59 Å². The van der Waals surface area contributed by atoms with Gasteiger partial charge in [0.1, 0.15) is 10.8 Å². The number of anilines is 1. The van der Waals surface area contributed by atoms with Crippen molar-refractivity contribution >= 4 is 28.2 Å². The summed E-state index contributed by atoms with van der Waals surface area (Å²) in [5, 5.41) is 3.51. The monoisotopic (exact) mass is 442 g/mol. The molecule has 1 aliphatic rings. The SMILES string of the molecule is CCC(Oc1ccc(C)c(C)c1)C(=O)Nc1sc2c(c1C(N)=O)CCC(C(C)(C)C)C2. The lowest BCUT2D eigenvalue weighted by Crippen LogP contribution is -2.33. The van der Waals surface area contributed by atoms with Gasteiger partial charge in [0.25, 0.3) is 11.8 Å². The van der Waals surface area contributed by atoms with Crippen molar-refractivity contribution in [2.45, 2.75) is 73.3 Å². The maximum Gasteiger partial charge on any atom is 0.266 e. The molecular formula is C25H34N2O3S. The van der Waals surface area contributed by atoms with Crippen molar-refractivity contribution in [1.29, 1.82) is 0 Å². The van der Waals surface area contributed by atoms with Crippen LogP contribution in [0, 0.1) is 25.2 Å². The molecule has 0 fully saturated rings. The van der Waals surface area contributed by atoms with Gasteiger partial charge in [0.05, 0.1) is 5.56 Å². The van der Waals surface area contributed by atoms with Gasteiger partial charge in [0.2, 0.25) is 0 Å². The van der Waals surface area contributed by atoms with Gasteiger partial charge in [0.15, 0.2) is 6.10 Å². The van der Waals surface area contributed by atoms with E-state index in [-0.39, 0.29) is 11.3 Å². The Hall–Kier alpha value is -2.34. The highest BCUT2D eigenvalue weighted by Crippen LogP contribution is 2.44. The fourth-order valence-electron chi connectivity index (χ4n) is 4.14. The molecule has 1 heterocycles. The average Bonchev–Trinajstić information content (AvgIpc) is 3.05. The second-order valence-electron chi connectivity index (χ2n) is 9.63. The zero-order valence-electron chi connectivity index (χ0n) is 19.4. The number of carbonyl (C=O) groups excluding carboxylic acids is 2. The van der Waals surface area contributed by atoms with E-state index >= 15 is 0 Å². The Morgan fingerprint density at radius 1 is 1.26 bits per heavy atom. The minimum absolute atomic E-state index is 0.200. The number of hydrogen-bond donors (Lipinski definition) is 2. The van der Waals surface area contributed by atoms with Gasteiger partial charge in [-0.05, 0) is 79.7 Å². The second-order valence-corrected chi connectivity index (χ2v) is 10.7. The third-order valence-electron chi connectivity index (χ3n) is 6.39. The Morgan fingerprint density at radius 2 is 1.97 bits per heavy atom. The highest BCUT2D eigenvalue weighted by molar-refractivity contribution is 7.17. The van der Waals surface area contributed by atoms with Crippen molar-refractivity contribution in [2.24, 2.45) is 17.1 Å². The molecule has 0 aliphatic heterocycles. The molecule has 0 saturated heterocycles. The van der Waals surface area contributed by atoms with E-state index in [9.17, 15) is 9.59 Å². The van der Waals surface area contributed by atoms with E-state index in [2.05, 4.69) is 26.1 Å². The molecule has 5 nitrogen and oxygen atoms in total. The van der Waals surface area contributed by atoms with Crippen LogP contribution in [-0.4, -0.2) is 17.9 Å². The van der Waals surface area contributed by atoms with E-state index in [1.165, 1.54) is 21.8 Å². The maximum absolute atomic E-state index is 13.0. The Balaban J connectivity index is 1.82. The molecule has 3 rings (SSSR count). The molecule has 0 bridgehead atoms. The molecule has 3 N–H and O–H groups in total. The van der Waals surface area contributed by atoms with Crippen molar-refractivity contribution in [1.82, 2.24) is 0 Å². The van der Waals surface area contributed by atoms with E-state index in [0.29, 0.717) is 28.7 Å². The number of hydrogen-bond acceptors (Lipinski definition) is 4. The molecule has 2 aromatic rings. The summed E-state index contributed by atoms with van der Waals surface area (Å²) in [6.07, 6.45) is 2.62. The van der Waals surface area contributed by atoms with E-state index in [1.54, 1.807) is 0 Å². The number of thiophene rings is 1. The normalized spacial score (nSPS) is 17.0. The molecule has 168 valence electrons. The first-order chi connectivity index (χ1) is 14.5. The zero-order valence-corrected chi connectivity index (χ0v) is 20.2. The van der Waals surface area contributed by atoms with Gasteiger partial charge in [-0.15, -0.1) is 11.3 Å². The molecule has 0 saturated carbocycles. The van der Waals surface area contributed by atoms with Gasteiger partial charge in [-0.1, -0.05) is 33.8 Å². The van der Waals surface area contributed by atoms with Crippen LogP contribution in [0.4, 0.5) is 5.00 Å². The number of nitrogens with one attached hydrogen (secondary N) is 1. The second kappa shape index (κ2) is 9.03. The third-order valence-corrected chi connectivity index (χ3v) is 7.56. The van der Waals surface area contributed by atoms with Crippen LogP contribution in [0.1, 0.15) is 72.5 Å². The summed E-state index contributed by atoms with van der Waals surface area (Å²) in [6, 6.07) is 5.81. The Labute approximate surface area is 189 Å². The summed E-state index contributed by atoms with van der Waals surface area (Å²) in [5.74, 6) is 0.470. The predicted molar refractivity (Wildman–Crippen MR) is 127 cm³/mol. The lowest BCUT2D eigenvalue weighted by atomic mass is 9.72. The van der Waals surface area contributed by atoms with E-state index in [0.717, 1.165) is 30.4 Å². The molecule has 0 spiro atoms. The van der Waals surface area contributed by atoms with E-state index in [4.69, 9.17) is 10.5 Å². The summed E-state index contributed by atoms with van der Waals surface area (Å²) in [7, 11) is 0. The number of carbonyl (C=O) groups is 2. The number of benzene rings is 1. The quantitative estimate of drug-likeness (QED) is 0.627. The van der Waals surface area contributed by atoms with Crippen LogP contribution in [0.15, 0.2) is 18.2 Å². The minimum Gasteiger partial charge on any atom is -0.481 e. The summed E-state index contributed by atoms with van der Waals surface area (Å²) in [6.45, 7) is 12.7. The van der Waals surface area contributed by atoms with Crippen LogP contribution in [0.25, 0.3) is 0 Å².